The van der Waals surface area contributed by atoms with Crippen LogP contribution in [0.25, 0.3) is 0 Å². The third kappa shape index (κ3) is 3.70. The van der Waals surface area contributed by atoms with E-state index in [-0.39, 0.29) is 10.6 Å². The van der Waals surface area contributed by atoms with Crippen molar-refractivity contribution in [3.8, 4) is 0 Å². The monoisotopic (exact) mass is 277 g/mol. The normalized spacial score (nSPS) is 17.1. The molecule has 2 N–H and O–H groups in total. The molecule has 0 saturated heterocycles. The highest BCUT2D eigenvalue weighted by atomic mass is 16.6. The van der Waals surface area contributed by atoms with Crippen molar-refractivity contribution in [2.24, 2.45) is 0 Å². The molecule has 0 heterocycles. The van der Waals surface area contributed by atoms with Gasteiger partial charge in [-0.2, -0.15) is 0 Å². The Bertz CT molecular complexity index is 468. The molecule has 1 aromatic rings. The fourth-order valence-corrected chi connectivity index (χ4v) is 2.94. The van der Waals surface area contributed by atoms with Crippen molar-refractivity contribution in [2.75, 3.05) is 12.8 Å². The number of nitrogens with two attached hydrogens (primary N) is 1. The van der Waals surface area contributed by atoms with E-state index in [4.69, 9.17) is 5.73 Å². The summed E-state index contributed by atoms with van der Waals surface area (Å²) < 4.78 is 0. The number of non-ortho nitro benzene ring substituents is 1. The molecular formula is C15H23N3O2. The van der Waals surface area contributed by atoms with Gasteiger partial charge in [-0.25, -0.2) is 0 Å². The predicted molar refractivity (Wildman–Crippen MR) is 80.5 cm³/mol. The zero-order valence-electron chi connectivity index (χ0n) is 12.0. The number of nitrogens with zero attached hydrogens (tertiary/aromatic N) is 2. The van der Waals surface area contributed by atoms with Crippen LogP contribution in [0.1, 0.15) is 44.1 Å². The first kappa shape index (κ1) is 14.8. The van der Waals surface area contributed by atoms with Gasteiger partial charge in [0.05, 0.1) is 4.92 Å². The van der Waals surface area contributed by atoms with Crippen molar-refractivity contribution in [2.45, 2.75) is 51.1 Å². The Morgan fingerprint density at radius 3 is 2.55 bits per heavy atom. The van der Waals surface area contributed by atoms with E-state index < -0.39 is 0 Å². The van der Waals surface area contributed by atoms with E-state index in [2.05, 4.69) is 11.9 Å². The van der Waals surface area contributed by atoms with Crippen molar-refractivity contribution in [1.82, 2.24) is 4.90 Å². The average molecular weight is 277 g/mol. The summed E-state index contributed by atoms with van der Waals surface area (Å²) in [6.45, 7) is 0.679. The topological polar surface area (TPSA) is 72.4 Å². The molecule has 0 radical (unpaired) electrons. The molecule has 0 bridgehead atoms. The minimum atomic E-state index is -0.366. The molecule has 110 valence electrons. The van der Waals surface area contributed by atoms with Crippen molar-refractivity contribution < 1.29 is 4.92 Å². The van der Waals surface area contributed by atoms with Gasteiger partial charge in [-0.15, -0.1) is 0 Å². The highest BCUT2D eigenvalue weighted by molar-refractivity contribution is 5.52. The maximum Gasteiger partial charge on any atom is 0.269 e. The summed E-state index contributed by atoms with van der Waals surface area (Å²) in [7, 11) is 2.09. The van der Waals surface area contributed by atoms with Crippen LogP contribution in [0.3, 0.4) is 0 Å². The number of hydrogen-bond donors (Lipinski definition) is 1. The van der Waals surface area contributed by atoms with Gasteiger partial charge in [0.25, 0.3) is 5.69 Å². The Hall–Kier alpha value is -1.62. The van der Waals surface area contributed by atoms with E-state index in [0.29, 0.717) is 18.3 Å². The van der Waals surface area contributed by atoms with E-state index in [1.165, 1.54) is 44.6 Å². The smallest absolute Gasteiger partial charge is 0.269 e. The van der Waals surface area contributed by atoms with Crippen molar-refractivity contribution in [3.63, 3.8) is 0 Å². The SMILES string of the molecule is CN(Cc1cc([N+](=O)[O-])ccc1N)C1CCCCCC1. The highest BCUT2D eigenvalue weighted by Crippen LogP contribution is 2.25. The van der Waals surface area contributed by atoms with Gasteiger partial charge in [-0.05, 0) is 31.5 Å². The number of benzene rings is 1. The summed E-state index contributed by atoms with van der Waals surface area (Å²) in [5.74, 6) is 0. The molecule has 1 aliphatic carbocycles. The second-order valence-electron chi connectivity index (χ2n) is 5.70. The minimum absolute atomic E-state index is 0.114. The van der Waals surface area contributed by atoms with Gasteiger partial charge in [0.1, 0.15) is 0 Å². The van der Waals surface area contributed by atoms with Crippen LogP contribution < -0.4 is 5.73 Å². The molecule has 0 amide bonds. The first-order chi connectivity index (χ1) is 9.58. The zero-order valence-corrected chi connectivity index (χ0v) is 12.0. The van der Waals surface area contributed by atoms with Gasteiger partial charge >= 0.3 is 0 Å². The maximum absolute atomic E-state index is 10.8. The molecule has 1 aliphatic rings. The van der Waals surface area contributed by atoms with Gasteiger partial charge in [-0.1, -0.05) is 25.7 Å². The predicted octanol–water partition coefficient (Wildman–Crippen LogP) is 3.33. The van der Waals surface area contributed by atoms with E-state index in [1.54, 1.807) is 12.1 Å². The van der Waals surface area contributed by atoms with Gasteiger partial charge in [0.2, 0.25) is 0 Å². The van der Waals surface area contributed by atoms with E-state index in [1.807, 2.05) is 0 Å². The van der Waals surface area contributed by atoms with Crippen LogP contribution in [-0.2, 0) is 6.54 Å². The van der Waals surface area contributed by atoms with Crippen LogP contribution >= 0.6 is 0 Å². The van der Waals surface area contributed by atoms with Gasteiger partial charge in [-0.3, -0.25) is 15.0 Å². The standard InChI is InChI=1S/C15H23N3O2/c1-17(13-6-4-2-3-5-7-13)11-12-10-14(18(19)20)8-9-15(12)16/h8-10,13H,2-7,11,16H2,1H3. The van der Waals surface area contributed by atoms with Gasteiger partial charge in [0.15, 0.2) is 0 Å². The lowest BCUT2D eigenvalue weighted by Crippen LogP contribution is -2.31. The molecule has 0 aromatic heterocycles. The zero-order chi connectivity index (χ0) is 14.5. The Balaban J connectivity index is 2.07. The third-order valence-electron chi connectivity index (χ3n) is 4.21. The van der Waals surface area contributed by atoms with Crippen LogP contribution in [0.2, 0.25) is 0 Å². The van der Waals surface area contributed by atoms with Crippen molar-refractivity contribution in [3.05, 3.63) is 33.9 Å². The fourth-order valence-electron chi connectivity index (χ4n) is 2.94. The van der Waals surface area contributed by atoms with Crippen molar-refractivity contribution in [1.29, 1.82) is 0 Å². The van der Waals surface area contributed by atoms with E-state index in [9.17, 15) is 10.1 Å². The first-order valence-electron chi connectivity index (χ1n) is 7.31. The average Bonchev–Trinajstić information content (AvgIpc) is 2.70. The van der Waals surface area contributed by atoms with Crippen LogP contribution in [0.4, 0.5) is 11.4 Å². The Kier molecular flexibility index (Phi) is 4.95. The third-order valence-corrected chi connectivity index (χ3v) is 4.21. The molecule has 20 heavy (non-hydrogen) atoms. The molecule has 0 spiro atoms. The summed E-state index contributed by atoms with van der Waals surface area (Å²) in [5.41, 5.74) is 7.55. The molecule has 1 saturated carbocycles. The number of nitrogen functional groups attached to an aromatic ring is 1. The molecule has 0 unspecified atom stereocenters. The summed E-state index contributed by atoms with van der Waals surface area (Å²) in [5, 5.41) is 10.8. The van der Waals surface area contributed by atoms with Crippen LogP contribution in [0, 0.1) is 10.1 Å². The van der Waals surface area contributed by atoms with Gasteiger partial charge in [0, 0.05) is 30.4 Å². The summed E-state index contributed by atoms with van der Waals surface area (Å²) >= 11 is 0. The largest absolute Gasteiger partial charge is 0.398 e. The lowest BCUT2D eigenvalue weighted by Gasteiger charge is -2.27. The lowest BCUT2D eigenvalue weighted by atomic mass is 10.1. The molecule has 1 aromatic carbocycles. The quantitative estimate of drug-likeness (QED) is 0.396. The minimum Gasteiger partial charge on any atom is -0.398 e. The van der Waals surface area contributed by atoms with Crippen LogP contribution in [-0.4, -0.2) is 22.9 Å². The molecule has 0 aliphatic heterocycles. The molecule has 5 nitrogen and oxygen atoms in total. The van der Waals surface area contributed by atoms with Crippen LogP contribution in [0.15, 0.2) is 18.2 Å². The molecule has 0 atom stereocenters. The second-order valence-corrected chi connectivity index (χ2v) is 5.70. The first-order valence-corrected chi connectivity index (χ1v) is 7.31. The Labute approximate surface area is 119 Å². The summed E-state index contributed by atoms with van der Waals surface area (Å²) in [6, 6.07) is 5.26. The number of nitro groups is 1. The number of nitro benzene ring substituents is 1. The molecule has 2 rings (SSSR count). The van der Waals surface area contributed by atoms with Crippen molar-refractivity contribution >= 4 is 11.4 Å². The fraction of sp³-hybridized carbons (Fsp3) is 0.600. The highest BCUT2D eigenvalue weighted by Gasteiger charge is 2.18. The maximum atomic E-state index is 10.8. The van der Waals surface area contributed by atoms with Gasteiger partial charge < -0.3 is 5.73 Å². The lowest BCUT2D eigenvalue weighted by molar-refractivity contribution is -0.384. The molecular weight excluding hydrogens is 254 g/mol. The Morgan fingerprint density at radius 1 is 1.30 bits per heavy atom. The Morgan fingerprint density at radius 2 is 1.95 bits per heavy atom. The van der Waals surface area contributed by atoms with E-state index >= 15 is 0 Å². The van der Waals surface area contributed by atoms with Crippen LogP contribution in [0.5, 0.6) is 0 Å². The second kappa shape index (κ2) is 6.70. The molecule has 5 heteroatoms. The summed E-state index contributed by atoms with van der Waals surface area (Å²) in [4.78, 5) is 12.8. The number of hydrogen-bond acceptors (Lipinski definition) is 4. The van der Waals surface area contributed by atoms with E-state index in [0.717, 1.165) is 5.56 Å². The molecule has 1 fully saturated rings. The summed E-state index contributed by atoms with van der Waals surface area (Å²) in [6.07, 6.45) is 7.63. The number of rotatable bonds is 4. The number of anilines is 1.